The SMILES string of the molecule is COCC1(C(=O)Nc2ccc(OCc3noc(C4CC4)n3)cc2)CCNCC1.Cl. The third-order valence-electron chi connectivity index (χ3n) is 5.35. The molecule has 2 fully saturated rings. The van der Waals surface area contributed by atoms with Crippen molar-refractivity contribution in [2.45, 2.75) is 38.2 Å². The summed E-state index contributed by atoms with van der Waals surface area (Å²) in [5.41, 5.74) is 0.259. The van der Waals surface area contributed by atoms with Crippen molar-refractivity contribution in [1.82, 2.24) is 15.5 Å². The summed E-state index contributed by atoms with van der Waals surface area (Å²) < 4.78 is 16.3. The maximum atomic E-state index is 12.9. The molecule has 1 aromatic carbocycles. The Bertz CT molecular complexity index is 796. The van der Waals surface area contributed by atoms with E-state index < -0.39 is 5.41 Å². The lowest BCUT2D eigenvalue weighted by atomic mass is 9.78. The average Bonchev–Trinajstić information content (AvgIpc) is 3.46. The van der Waals surface area contributed by atoms with Crippen LogP contribution in [0.3, 0.4) is 0 Å². The number of carbonyl (C=O) groups excluding carboxylic acids is 1. The van der Waals surface area contributed by atoms with Gasteiger partial charge in [0.2, 0.25) is 17.6 Å². The Labute approximate surface area is 176 Å². The fourth-order valence-corrected chi connectivity index (χ4v) is 3.49. The van der Waals surface area contributed by atoms with Crippen LogP contribution in [0.5, 0.6) is 5.75 Å². The predicted molar refractivity (Wildman–Crippen MR) is 109 cm³/mol. The lowest BCUT2D eigenvalue weighted by Gasteiger charge is -2.35. The number of hydrogen-bond acceptors (Lipinski definition) is 7. The summed E-state index contributed by atoms with van der Waals surface area (Å²) in [6.45, 7) is 2.32. The molecule has 2 N–H and O–H groups in total. The van der Waals surface area contributed by atoms with Crippen molar-refractivity contribution in [2.24, 2.45) is 5.41 Å². The van der Waals surface area contributed by atoms with Crippen LogP contribution in [0.25, 0.3) is 0 Å². The lowest BCUT2D eigenvalue weighted by molar-refractivity contribution is -0.130. The van der Waals surface area contributed by atoms with Gasteiger partial charge >= 0.3 is 0 Å². The van der Waals surface area contributed by atoms with Gasteiger partial charge in [-0.15, -0.1) is 12.4 Å². The molecule has 1 amide bonds. The molecule has 8 nitrogen and oxygen atoms in total. The molecule has 1 saturated heterocycles. The molecule has 0 unspecified atom stereocenters. The first-order chi connectivity index (χ1) is 13.7. The number of piperidine rings is 1. The number of benzene rings is 1. The summed E-state index contributed by atoms with van der Waals surface area (Å²) >= 11 is 0. The summed E-state index contributed by atoms with van der Waals surface area (Å²) in [4.78, 5) is 17.2. The van der Waals surface area contributed by atoms with Gasteiger partial charge in [0, 0.05) is 18.7 Å². The van der Waals surface area contributed by atoms with Crippen molar-refractivity contribution < 1.29 is 18.8 Å². The topological polar surface area (TPSA) is 98.5 Å². The van der Waals surface area contributed by atoms with Crippen LogP contribution in [-0.4, -0.2) is 42.9 Å². The van der Waals surface area contributed by atoms with Crippen molar-refractivity contribution in [1.29, 1.82) is 0 Å². The smallest absolute Gasteiger partial charge is 0.233 e. The van der Waals surface area contributed by atoms with E-state index >= 15 is 0 Å². The van der Waals surface area contributed by atoms with Crippen LogP contribution in [0.1, 0.15) is 43.3 Å². The van der Waals surface area contributed by atoms with Crippen LogP contribution in [0, 0.1) is 5.41 Å². The second kappa shape index (κ2) is 9.56. The van der Waals surface area contributed by atoms with Crippen molar-refractivity contribution in [3.05, 3.63) is 36.0 Å². The van der Waals surface area contributed by atoms with Crippen molar-refractivity contribution in [2.75, 3.05) is 32.1 Å². The molecule has 1 aliphatic heterocycles. The molecule has 158 valence electrons. The summed E-state index contributed by atoms with van der Waals surface area (Å²) in [7, 11) is 1.64. The van der Waals surface area contributed by atoms with Crippen molar-refractivity contribution in [3.8, 4) is 5.75 Å². The second-order valence-corrected chi connectivity index (χ2v) is 7.55. The first-order valence-electron chi connectivity index (χ1n) is 9.75. The minimum atomic E-state index is -0.479. The van der Waals surface area contributed by atoms with Gasteiger partial charge in [-0.2, -0.15) is 4.98 Å². The van der Waals surface area contributed by atoms with E-state index in [1.165, 1.54) is 0 Å². The first kappa shape index (κ1) is 21.5. The van der Waals surface area contributed by atoms with Gasteiger partial charge in [-0.25, -0.2) is 0 Å². The van der Waals surface area contributed by atoms with E-state index in [0.717, 1.165) is 44.5 Å². The number of rotatable bonds is 8. The van der Waals surface area contributed by atoms with E-state index in [1.54, 1.807) is 7.11 Å². The molecule has 2 aliphatic rings. The van der Waals surface area contributed by atoms with Gasteiger partial charge in [-0.3, -0.25) is 4.79 Å². The molecule has 1 aromatic heterocycles. The van der Waals surface area contributed by atoms with E-state index in [-0.39, 0.29) is 24.9 Å². The monoisotopic (exact) mass is 422 g/mol. The zero-order chi connectivity index (χ0) is 19.4. The van der Waals surface area contributed by atoms with Crippen LogP contribution in [-0.2, 0) is 16.1 Å². The van der Waals surface area contributed by atoms with Crippen LogP contribution < -0.4 is 15.4 Å². The van der Waals surface area contributed by atoms with Gasteiger partial charge in [-0.05, 0) is 63.0 Å². The van der Waals surface area contributed by atoms with Gasteiger partial charge < -0.3 is 24.6 Å². The number of carbonyl (C=O) groups is 1. The molecule has 0 atom stereocenters. The number of ether oxygens (including phenoxy) is 2. The number of anilines is 1. The Morgan fingerprint density at radius 1 is 1.28 bits per heavy atom. The van der Waals surface area contributed by atoms with Crippen LogP contribution in [0.2, 0.25) is 0 Å². The second-order valence-electron chi connectivity index (χ2n) is 7.55. The number of hydrogen-bond donors (Lipinski definition) is 2. The zero-order valence-electron chi connectivity index (χ0n) is 16.5. The third kappa shape index (κ3) is 5.26. The molecule has 1 saturated carbocycles. The molecule has 4 rings (SSSR count). The molecule has 0 radical (unpaired) electrons. The highest BCUT2D eigenvalue weighted by molar-refractivity contribution is 5.95. The number of methoxy groups -OCH3 is 1. The Balaban J connectivity index is 0.00000240. The molecule has 0 bridgehead atoms. The van der Waals surface area contributed by atoms with Gasteiger partial charge in [0.25, 0.3) is 0 Å². The minimum absolute atomic E-state index is 0. The highest BCUT2D eigenvalue weighted by Gasteiger charge is 2.39. The molecule has 2 aromatic rings. The molecular weight excluding hydrogens is 396 g/mol. The summed E-state index contributed by atoms with van der Waals surface area (Å²) in [5.74, 6) is 2.38. The zero-order valence-corrected chi connectivity index (χ0v) is 17.3. The predicted octanol–water partition coefficient (Wildman–Crippen LogP) is 2.90. The molecule has 0 spiro atoms. The van der Waals surface area contributed by atoms with Gasteiger partial charge in [0.1, 0.15) is 5.75 Å². The van der Waals surface area contributed by atoms with Crippen molar-refractivity contribution >= 4 is 24.0 Å². The number of nitrogens with one attached hydrogen (secondary N) is 2. The van der Waals surface area contributed by atoms with Crippen LogP contribution >= 0.6 is 12.4 Å². The first-order valence-corrected chi connectivity index (χ1v) is 9.75. The van der Waals surface area contributed by atoms with E-state index in [2.05, 4.69) is 20.8 Å². The summed E-state index contributed by atoms with van der Waals surface area (Å²) in [6.07, 6.45) is 3.78. The number of aromatic nitrogens is 2. The molecule has 9 heteroatoms. The van der Waals surface area contributed by atoms with E-state index in [1.807, 2.05) is 24.3 Å². The maximum absolute atomic E-state index is 12.9. The molecule has 29 heavy (non-hydrogen) atoms. The van der Waals surface area contributed by atoms with Crippen LogP contribution in [0.15, 0.2) is 28.8 Å². The third-order valence-corrected chi connectivity index (χ3v) is 5.35. The van der Waals surface area contributed by atoms with Gasteiger partial charge in [0.05, 0.1) is 12.0 Å². The van der Waals surface area contributed by atoms with Crippen molar-refractivity contribution in [3.63, 3.8) is 0 Å². The summed E-state index contributed by atoms with van der Waals surface area (Å²) in [5, 5.41) is 10.3. The molecule has 2 heterocycles. The Morgan fingerprint density at radius 2 is 2.00 bits per heavy atom. The number of halogens is 1. The highest BCUT2D eigenvalue weighted by Crippen LogP contribution is 2.38. The number of nitrogens with zero attached hydrogens (tertiary/aromatic N) is 2. The van der Waals surface area contributed by atoms with E-state index in [0.29, 0.717) is 30.0 Å². The molecule has 1 aliphatic carbocycles. The highest BCUT2D eigenvalue weighted by atomic mass is 35.5. The lowest BCUT2D eigenvalue weighted by Crippen LogP contribution is -2.47. The fourth-order valence-electron chi connectivity index (χ4n) is 3.49. The van der Waals surface area contributed by atoms with Gasteiger partial charge in [-0.1, -0.05) is 5.16 Å². The van der Waals surface area contributed by atoms with Crippen LogP contribution in [0.4, 0.5) is 5.69 Å². The van der Waals surface area contributed by atoms with Gasteiger partial charge in [0.15, 0.2) is 6.61 Å². The van der Waals surface area contributed by atoms with E-state index in [9.17, 15) is 4.79 Å². The Kier molecular flexibility index (Phi) is 7.10. The fraction of sp³-hybridized carbons (Fsp3) is 0.550. The Hall–Kier alpha value is -2.16. The maximum Gasteiger partial charge on any atom is 0.233 e. The minimum Gasteiger partial charge on any atom is -0.485 e. The molecular formula is C20H27ClN4O4. The largest absolute Gasteiger partial charge is 0.485 e. The Morgan fingerprint density at radius 3 is 2.66 bits per heavy atom. The average molecular weight is 423 g/mol. The standard InChI is InChI=1S/C20H26N4O4.ClH/c1-26-13-20(8-10-21-11-9-20)19(25)22-15-4-6-16(7-5-15)27-12-17-23-18(28-24-17)14-2-3-14;/h4-7,14,21H,2-3,8-13H2,1H3,(H,22,25);1H. The van der Waals surface area contributed by atoms with E-state index in [4.69, 9.17) is 14.0 Å². The number of amides is 1. The quantitative estimate of drug-likeness (QED) is 0.674. The normalized spacial score (nSPS) is 18.0. The summed E-state index contributed by atoms with van der Waals surface area (Å²) in [6, 6.07) is 7.31.